The van der Waals surface area contributed by atoms with Gasteiger partial charge in [-0.05, 0) is 38.6 Å². The minimum atomic E-state index is -0.181. The van der Waals surface area contributed by atoms with Gasteiger partial charge in [0.25, 0.3) is 0 Å². The summed E-state index contributed by atoms with van der Waals surface area (Å²) in [5.74, 6) is 1.06. The predicted molar refractivity (Wildman–Crippen MR) is 68.5 cm³/mol. The molecule has 0 atom stereocenters. The van der Waals surface area contributed by atoms with Crippen LogP contribution in [0, 0.1) is 11.3 Å². The molecule has 1 aliphatic rings. The maximum Gasteiger partial charge on any atom is 0.136 e. The quantitative estimate of drug-likeness (QED) is 0.663. The Morgan fingerprint density at radius 2 is 1.94 bits per heavy atom. The van der Waals surface area contributed by atoms with Crippen LogP contribution in [0.2, 0.25) is 0 Å². The van der Waals surface area contributed by atoms with Gasteiger partial charge in [-0.3, -0.25) is 9.69 Å². The van der Waals surface area contributed by atoms with Gasteiger partial charge in [0.05, 0.1) is 0 Å². The average molecular weight is 225 g/mol. The van der Waals surface area contributed by atoms with E-state index >= 15 is 0 Å². The molecule has 1 aliphatic carbocycles. The summed E-state index contributed by atoms with van der Waals surface area (Å²) in [5.41, 5.74) is -0.181. The maximum atomic E-state index is 11.6. The van der Waals surface area contributed by atoms with Gasteiger partial charge in [-0.15, -0.1) is 0 Å². The molecule has 0 heterocycles. The van der Waals surface area contributed by atoms with Crippen molar-refractivity contribution < 1.29 is 4.79 Å². The smallest absolute Gasteiger partial charge is 0.136 e. The summed E-state index contributed by atoms with van der Waals surface area (Å²) >= 11 is 0. The van der Waals surface area contributed by atoms with Crippen molar-refractivity contribution in [2.24, 2.45) is 11.3 Å². The molecule has 0 amide bonds. The molecule has 2 nitrogen and oxygen atoms in total. The van der Waals surface area contributed by atoms with E-state index in [9.17, 15) is 4.79 Å². The third-order valence-corrected chi connectivity index (χ3v) is 3.61. The lowest BCUT2D eigenvalue weighted by molar-refractivity contribution is -0.125. The molecule has 1 fully saturated rings. The van der Waals surface area contributed by atoms with E-state index in [1.165, 1.54) is 19.3 Å². The molecule has 0 unspecified atom stereocenters. The minimum Gasteiger partial charge on any atom is -0.299 e. The van der Waals surface area contributed by atoms with E-state index < -0.39 is 0 Å². The number of carbonyl (C=O) groups excluding carboxylic acids is 1. The summed E-state index contributed by atoms with van der Waals surface area (Å²) in [7, 11) is 0. The molecular weight excluding hydrogens is 198 g/mol. The lowest BCUT2D eigenvalue weighted by Gasteiger charge is -2.31. The second-order valence-corrected chi connectivity index (χ2v) is 6.32. The molecule has 0 saturated heterocycles. The highest BCUT2D eigenvalue weighted by Gasteiger charge is 2.34. The van der Waals surface area contributed by atoms with E-state index in [1.807, 2.05) is 0 Å². The standard InChI is InChI=1S/C14H27NO/c1-11(2)8-9-15(13-6-7-13)10-14(4,5)12(3)16/h11,13H,6-10H2,1-5H3. The Labute approximate surface area is 100 Å². The molecule has 0 aromatic rings. The fourth-order valence-corrected chi connectivity index (χ4v) is 1.87. The first-order valence-electron chi connectivity index (χ1n) is 6.58. The van der Waals surface area contributed by atoms with Crippen molar-refractivity contribution in [1.82, 2.24) is 4.90 Å². The van der Waals surface area contributed by atoms with Crippen LogP contribution in [0.15, 0.2) is 0 Å². The SMILES string of the molecule is CC(=O)C(C)(C)CN(CCC(C)C)C1CC1. The van der Waals surface area contributed by atoms with Gasteiger partial charge in [0, 0.05) is 18.0 Å². The number of carbonyl (C=O) groups is 1. The molecule has 1 rings (SSSR count). The van der Waals surface area contributed by atoms with Crippen LogP contribution in [-0.4, -0.2) is 29.8 Å². The zero-order valence-corrected chi connectivity index (χ0v) is 11.5. The Kier molecular flexibility index (Phi) is 4.54. The number of rotatable bonds is 7. The molecule has 0 aromatic carbocycles. The fraction of sp³-hybridized carbons (Fsp3) is 0.929. The Morgan fingerprint density at radius 1 is 1.38 bits per heavy atom. The third kappa shape index (κ3) is 4.25. The van der Waals surface area contributed by atoms with Crippen LogP contribution in [-0.2, 0) is 4.79 Å². The van der Waals surface area contributed by atoms with Crippen molar-refractivity contribution in [1.29, 1.82) is 0 Å². The molecule has 16 heavy (non-hydrogen) atoms. The topological polar surface area (TPSA) is 20.3 Å². The van der Waals surface area contributed by atoms with Crippen LogP contribution in [0.5, 0.6) is 0 Å². The van der Waals surface area contributed by atoms with Gasteiger partial charge in [0.1, 0.15) is 5.78 Å². The van der Waals surface area contributed by atoms with Crippen molar-refractivity contribution in [3.63, 3.8) is 0 Å². The van der Waals surface area contributed by atoms with Crippen molar-refractivity contribution in [2.75, 3.05) is 13.1 Å². The molecule has 94 valence electrons. The minimum absolute atomic E-state index is 0.181. The molecule has 1 saturated carbocycles. The third-order valence-electron chi connectivity index (χ3n) is 3.61. The molecule has 0 aliphatic heterocycles. The first-order valence-corrected chi connectivity index (χ1v) is 6.58. The van der Waals surface area contributed by atoms with Crippen molar-refractivity contribution in [3.05, 3.63) is 0 Å². The summed E-state index contributed by atoms with van der Waals surface area (Å²) < 4.78 is 0. The zero-order chi connectivity index (χ0) is 12.3. The van der Waals surface area contributed by atoms with Crippen molar-refractivity contribution in [3.8, 4) is 0 Å². The number of hydrogen-bond acceptors (Lipinski definition) is 2. The van der Waals surface area contributed by atoms with Gasteiger partial charge in [0.15, 0.2) is 0 Å². The first-order chi connectivity index (χ1) is 7.33. The molecule has 0 spiro atoms. The average Bonchev–Trinajstić information content (AvgIpc) is 2.94. The summed E-state index contributed by atoms with van der Waals surface area (Å²) in [6.07, 6.45) is 3.89. The summed E-state index contributed by atoms with van der Waals surface area (Å²) in [5, 5.41) is 0. The van der Waals surface area contributed by atoms with E-state index in [-0.39, 0.29) is 5.41 Å². The normalized spacial score (nSPS) is 17.2. The van der Waals surface area contributed by atoms with Crippen LogP contribution in [0.4, 0.5) is 0 Å². The maximum absolute atomic E-state index is 11.6. The molecule has 0 radical (unpaired) electrons. The number of hydrogen-bond donors (Lipinski definition) is 0. The van der Waals surface area contributed by atoms with Gasteiger partial charge >= 0.3 is 0 Å². The van der Waals surface area contributed by atoms with Crippen LogP contribution in [0.3, 0.4) is 0 Å². The molecule has 0 bridgehead atoms. The highest BCUT2D eigenvalue weighted by atomic mass is 16.1. The van der Waals surface area contributed by atoms with Gasteiger partial charge in [-0.2, -0.15) is 0 Å². The summed E-state index contributed by atoms with van der Waals surface area (Å²) in [6, 6.07) is 0.761. The van der Waals surface area contributed by atoms with Gasteiger partial charge in [0.2, 0.25) is 0 Å². The lowest BCUT2D eigenvalue weighted by atomic mass is 9.88. The van der Waals surface area contributed by atoms with Crippen molar-refractivity contribution in [2.45, 2.75) is 59.9 Å². The second-order valence-electron chi connectivity index (χ2n) is 6.32. The Balaban J connectivity index is 2.47. The van der Waals surface area contributed by atoms with E-state index in [0.29, 0.717) is 5.78 Å². The van der Waals surface area contributed by atoms with Crippen LogP contribution in [0.25, 0.3) is 0 Å². The van der Waals surface area contributed by atoms with E-state index in [2.05, 4.69) is 32.6 Å². The monoisotopic (exact) mass is 225 g/mol. The Morgan fingerprint density at radius 3 is 2.31 bits per heavy atom. The highest BCUT2D eigenvalue weighted by Crippen LogP contribution is 2.31. The van der Waals surface area contributed by atoms with Crippen LogP contribution in [0.1, 0.15) is 53.9 Å². The van der Waals surface area contributed by atoms with Gasteiger partial charge in [-0.1, -0.05) is 27.7 Å². The molecule has 0 N–H and O–H groups in total. The number of ketones is 1. The molecule has 2 heteroatoms. The molecule has 0 aromatic heterocycles. The lowest BCUT2D eigenvalue weighted by Crippen LogP contribution is -2.40. The second kappa shape index (κ2) is 5.31. The largest absolute Gasteiger partial charge is 0.299 e. The van der Waals surface area contributed by atoms with Crippen LogP contribution >= 0.6 is 0 Å². The Hall–Kier alpha value is -0.370. The van der Waals surface area contributed by atoms with E-state index in [1.54, 1.807) is 6.92 Å². The van der Waals surface area contributed by atoms with Gasteiger partial charge < -0.3 is 0 Å². The molecular formula is C14H27NO. The predicted octanol–water partition coefficient (Wildman–Crippen LogP) is 3.11. The first kappa shape index (κ1) is 13.7. The van der Waals surface area contributed by atoms with Crippen LogP contribution < -0.4 is 0 Å². The van der Waals surface area contributed by atoms with Gasteiger partial charge in [-0.25, -0.2) is 0 Å². The van der Waals surface area contributed by atoms with E-state index in [0.717, 1.165) is 25.0 Å². The number of Topliss-reactive ketones (excluding diaryl/α,β-unsaturated/α-hetero) is 1. The van der Waals surface area contributed by atoms with E-state index in [4.69, 9.17) is 0 Å². The Bertz CT molecular complexity index is 241. The fourth-order valence-electron chi connectivity index (χ4n) is 1.87. The summed E-state index contributed by atoms with van der Waals surface area (Å²) in [4.78, 5) is 14.1. The highest BCUT2D eigenvalue weighted by molar-refractivity contribution is 5.81. The summed E-state index contributed by atoms with van der Waals surface area (Å²) in [6.45, 7) is 12.5. The number of nitrogens with zero attached hydrogens (tertiary/aromatic N) is 1. The van der Waals surface area contributed by atoms with Crippen molar-refractivity contribution >= 4 is 5.78 Å². The zero-order valence-electron chi connectivity index (χ0n) is 11.5.